The first kappa shape index (κ1) is 14.0. The molecule has 1 aliphatic rings. The number of benzene rings is 1. The minimum atomic E-state index is 0.0486. The van der Waals surface area contributed by atoms with Crippen LogP contribution in [0.2, 0.25) is 0 Å². The van der Waals surface area contributed by atoms with Gasteiger partial charge in [0.1, 0.15) is 0 Å². The summed E-state index contributed by atoms with van der Waals surface area (Å²) in [6, 6.07) is 6.33. The quantitative estimate of drug-likeness (QED) is 0.850. The van der Waals surface area contributed by atoms with Gasteiger partial charge in [-0.1, -0.05) is 12.1 Å². The number of likely N-dealkylation sites (N-methyl/N-ethyl adjacent to an activating group) is 1. The van der Waals surface area contributed by atoms with Gasteiger partial charge in [0.2, 0.25) is 0 Å². The minimum Gasteiger partial charge on any atom is -0.350 e. The van der Waals surface area contributed by atoms with Crippen molar-refractivity contribution >= 4 is 5.91 Å². The molecule has 4 nitrogen and oxygen atoms in total. The Kier molecular flexibility index (Phi) is 4.56. The van der Waals surface area contributed by atoms with Crippen LogP contribution in [-0.4, -0.2) is 44.0 Å². The lowest BCUT2D eigenvalue weighted by Gasteiger charge is -2.22. The van der Waals surface area contributed by atoms with E-state index in [9.17, 15) is 4.79 Å². The summed E-state index contributed by atoms with van der Waals surface area (Å²) >= 11 is 0. The molecule has 1 aromatic rings. The second-order valence-electron chi connectivity index (χ2n) is 5.39. The fourth-order valence-corrected chi connectivity index (χ4v) is 2.26. The molecule has 2 rings (SSSR count). The topological polar surface area (TPSA) is 44.4 Å². The molecule has 0 aliphatic carbocycles. The van der Waals surface area contributed by atoms with Crippen LogP contribution < -0.4 is 10.6 Å². The van der Waals surface area contributed by atoms with Crippen LogP contribution in [0, 0.1) is 0 Å². The second-order valence-corrected chi connectivity index (χ2v) is 5.39. The third-order valence-corrected chi connectivity index (χ3v) is 3.82. The van der Waals surface area contributed by atoms with Gasteiger partial charge in [-0.05, 0) is 51.2 Å². The number of amides is 1. The average Bonchev–Trinajstić information content (AvgIpc) is 2.43. The highest BCUT2D eigenvalue weighted by Crippen LogP contribution is 2.18. The van der Waals surface area contributed by atoms with Crippen molar-refractivity contribution in [2.45, 2.75) is 25.9 Å². The molecule has 4 heteroatoms. The maximum absolute atomic E-state index is 12.3. The first-order valence-corrected chi connectivity index (χ1v) is 6.85. The summed E-state index contributed by atoms with van der Waals surface area (Å²) in [7, 11) is 4.04. The molecule has 19 heavy (non-hydrogen) atoms. The van der Waals surface area contributed by atoms with Crippen molar-refractivity contribution in [3.05, 3.63) is 34.9 Å². The van der Waals surface area contributed by atoms with E-state index in [1.54, 1.807) is 0 Å². The molecule has 0 saturated heterocycles. The van der Waals surface area contributed by atoms with E-state index in [1.807, 2.05) is 26.2 Å². The van der Waals surface area contributed by atoms with Crippen molar-refractivity contribution in [2.24, 2.45) is 0 Å². The Balaban J connectivity index is 2.07. The van der Waals surface area contributed by atoms with Crippen molar-refractivity contribution in [1.29, 1.82) is 0 Å². The molecule has 1 aliphatic heterocycles. The van der Waals surface area contributed by atoms with Crippen molar-refractivity contribution < 1.29 is 4.79 Å². The fraction of sp³-hybridized carbons (Fsp3) is 0.533. The summed E-state index contributed by atoms with van der Waals surface area (Å²) in [6.07, 6.45) is 0.933. The number of hydrogen-bond acceptors (Lipinski definition) is 3. The number of nitrogens with zero attached hydrogens (tertiary/aromatic N) is 1. The molecule has 0 bridgehead atoms. The van der Waals surface area contributed by atoms with E-state index in [0.29, 0.717) is 12.6 Å². The third kappa shape index (κ3) is 3.33. The summed E-state index contributed by atoms with van der Waals surface area (Å²) in [4.78, 5) is 14.4. The average molecular weight is 261 g/mol. The Hall–Kier alpha value is -1.39. The zero-order chi connectivity index (χ0) is 13.8. The predicted molar refractivity (Wildman–Crippen MR) is 77.3 cm³/mol. The summed E-state index contributed by atoms with van der Waals surface area (Å²) in [5.74, 6) is 0.0486. The van der Waals surface area contributed by atoms with E-state index < -0.39 is 0 Å². The van der Waals surface area contributed by atoms with Gasteiger partial charge in [0.05, 0.1) is 0 Å². The monoisotopic (exact) mass is 261 g/mol. The summed E-state index contributed by atoms with van der Waals surface area (Å²) in [6.45, 7) is 4.59. The lowest BCUT2D eigenvalue weighted by atomic mass is 9.95. The van der Waals surface area contributed by atoms with Crippen LogP contribution in [-0.2, 0) is 13.0 Å². The molecule has 0 saturated carbocycles. The zero-order valence-corrected chi connectivity index (χ0v) is 12.0. The molecule has 1 unspecified atom stereocenters. The lowest BCUT2D eigenvalue weighted by molar-refractivity contribution is 0.0942. The molecular formula is C15H23N3O. The van der Waals surface area contributed by atoms with E-state index in [2.05, 4.69) is 28.5 Å². The normalized spacial score (nSPS) is 16.0. The van der Waals surface area contributed by atoms with Gasteiger partial charge < -0.3 is 15.5 Å². The number of hydrogen-bond donors (Lipinski definition) is 2. The van der Waals surface area contributed by atoms with E-state index in [1.165, 1.54) is 11.1 Å². The minimum absolute atomic E-state index is 0.0486. The standard InChI is InChI=1S/C15H23N3O/c1-11(18(2)3)9-17-15(19)14-6-4-5-12-10-16-8-7-13(12)14/h4-6,11,16H,7-10H2,1-3H3,(H,17,19). The summed E-state index contributed by atoms with van der Waals surface area (Å²) < 4.78 is 0. The van der Waals surface area contributed by atoms with Gasteiger partial charge in [-0.15, -0.1) is 0 Å². The molecule has 0 spiro atoms. The highest BCUT2D eigenvalue weighted by Gasteiger charge is 2.17. The molecule has 0 radical (unpaired) electrons. The molecule has 1 atom stereocenters. The van der Waals surface area contributed by atoms with Crippen molar-refractivity contribution in [2.75, 3.05) is 27.2 Å². The fourth-order valence-electron chi connectivity index (χ4n) is 2.26. The van der Waals surface area contributed by atoms with Gasteiger partial charge in [0, 0.05) is 24.7 Å². The van der Waals surface area contributed by atoms with Gasteiger partial charge in [-0.2, -0.15) is 0 Å². The van der Waals surface area contributed by atoms with Gasteiger partial charge in [-0.25, -0.2) is 0 Å². The molecule has 104 valence electrons. The smallest absolute Gasteiger partial charge is 0.251 e. The number of nitrogens with one attached hydrogen (secondary N) is 2. The van der Waals surface area contributed by atoms with Gasteiger partial charge >= 0.3 is 0 Å². The van der Waals surface area contributed by atoms with Gasteiger partial charge in [0.15, 0.2) is 0 Å². The van der Waals surface area contributed by atoms with Crippen LogP contribution in [0.5, 0.6) is 0 Å². The first-order chi connectivity index (χ1) is 9.09. The summed E-state index contributed by atoms with van der Waals surface area (Å²) in [5, 5.41) is 6.36. The Morgan fingerprint density at radius 3 is 3.00 bits per heavy atom. The molecule has 1 heterocycles. The van der Waals surface area contributed by atoms with Crippen LogP contribution in [0.1, 0.15) is 28.4 Å². The Morgan fingerprint density at radius 2 is 2.26 bits per heavy atom. The first-order valence-electron chi connectivity index (χ1n) is 6.85. The maximum Gasteiger partial charge on any atom is 0.251 e. The molecule has 0 aromatic heterocycles. The highest BCUT2D eigenvalue weighted by atomic mass is 16.1. The SMILES string of the molecule is CC(CNC(=O)c1cccc2c1CCNC2)N(C)C. The maximum atomic E-state index is 12.3. The van der Waals surface area contributed by atoms with E-state index in [4.69, 9.17) is 0 Å². The van der Waals surface area contributed by atoms with E-state index in [0.717, 1.165) is 25.1 Å². The van der Waals surface area contributed by atoms with Crippen LogP contribution in [0.15, 0.2) is 18.2 Å². The second kappa shape index (κ2) is 6.17. The molecular weight excluding hydrogens is 238 g/mol. The molecule has 2 N–H and O–H groups in total. The van der Waals surface area contributed by atoms with Gasteiger partial charge in [0.25, 0.3) is 5.91 Å². The lowest BCUT2D eigenvalue weighted by Crippen LogP contribution is -2.39. The number of fused-ring (bicyclic) bond motifs is 1. The number of rotatable bonds is 4. The van der Waals surface area contributed by atoms with Crippen molar-refractivity contribution in [3.8, 4) is 0 Å². The van der Waals surface area contributed by atoms with Crippen molar-refractivity contribution in [3.63, 3.8) is 0 Å². The molecule has 1 amide bonds. The third-order valence-electron chi connectivity index (χ3n) is 3.82. The number of carbonyl (C=O) groups excluding carboxylic acids is 1. The zero-order valence-electron chi connectivity index (χ0n) is 12.0. The Labute approximate surface area is 115 Å². The Bertz CT molecular complexity index is 457. The molecule has 0 fully saturated rings. The highest BCUT2D eigenvalue weighted by molar-refractivity contribution is 5.96. The van der Waals surface area contributed by atoms with Gasteiger partial charge in [-0.3, -0.25) is 4.79 Å². The number of carbonyl (C=O) groups is 1. The van der Waals surface area contributed by atoms with Crippen LogP contribution >= 0.6 is 0 Å². The van der Waals surface area contributed by atoms with E-state index in [-0.39, 0.29) is 5.91 Å². The van der Waals surface area contributed by atoms with Crippen molar-refractivity contribution in [1.82, 2.24) is 15.5 Å². The molecule has 1 aromatic carbocycles. The van der Waals surface area contributed by atoms with Crippen LogP contribution in [0.4, 0.5) is 0 Å². The Morgan fingerprint density at radius 1 is 1.47 bits per heavy atom. The van der Waals surface area contributed by atoms with Crippen LogP contribution in [0.3, 0.4) is 0 Å². The predicted octanol–water partition coefficient (Wildman–Crippen LogP) is 1.01. The van der Waals surface area contributed by atoms with Crippen LogP contribution in [0.25, 0.3) is 0 Å². The summed E-state index contributed by atoms with van der Waals surface area (Å²) in [5.41, 5.74) is 3.29. The van der Waals surface area contributed by atoms with E-state index >= 15 is 0 Å². The largest absolute Gasteiger partial charge is 0.350 e.